The van der Waals surface area contributed by atoms with Crippen molar-refractivity contribution in [1.82, 2.24) is 19.9 Å². The third-order valence-electron chi connectivity index (χ3n) is 5.73. The summed E-state index contributed by atoms with van der Waals surface area (Å²) in [6.45, 7) is 6.68. The quantitative estimate of drug-likeness (QED) is 0.639. The number of phenolic OH excluding ortho intramolecular Hbond substituents is 1. The standard InChI is InChI=1S/C23H26N6O3/c1-15-13-28(14-16-5-6-19-20(11-16)32-10-9-31-19)7-8-29(15)23-26-21(25-22(24)27-23)17-3-2-4-18(30)12-17/h2-6,11-12,15,30H,7-10,13-14H2,1H3,(H2,24,25,26,27)/t15-/m1/s1. The minimum Gasteiger partial charge on any atom is -0.508 e. The van der Waals surface area contributed by atoms with Crippen LogP contribution in [0.4, 0.5) is 11.9 Å². The fraction of sp³-hybridized carbons (Fsp3) is 0.348. The summed E-state index contributed by atoms with van der Waals surface area (Å²) in [6, 6.07) is 13.2. The van der Waals surface area contributed by atoms with Crippen LogP contribution >= 0.6 is 0 Å². The summed E-state index contributed by atoms with van der Waals surface area (Å²) in [5.41, 5.74) is 7.89. The van der Waals surface area contributed by atoms with Gasteiger partial charge in [0.15, 0.2) is 17.3 Å². The van der Waals surface area contributed by atoms with Crippen molar-refractivity contribution in [3.8, 4) is 28.6 Å². The first-order valence-electron chi connectivity index (χ1n) is 10.7. The molecule has 1 aromatic heterocycles. The van der Waals surface area contributed by atoms with E-state index in [1.165, 1.54) is 5.56 Å². The highest BCUT2D eigenvalue weighted by atomic mass is 16.6. The number of benzene rings is 2. The zero-order chi connectivity index (χ0) is 22.1. The normalized spacial score (nSPS) is 18.5. The maximum absolute atomic E-state index is 9.79. The fourth-order valence-electron chi connectivity index (χ4n) is 4.20. The van der Waals surface area contributed by atoms with Crippen LogP contribution < -0.4 is 20.1 Å². The Morgan fingerprint density at radius 1 is 1.03 bits per heavy atom. The molecule has 32 heavy (non-hydrogen) atoms. The predicted molar refractivity (Wildman–Crippen MR) is 121 cm³/mol. The highest BCUT2D eigenvalue weighted by molar-refractivity contribution is 5.60. The van der Waals surface area contributed by atoms with E-state index in [4.69, 9.17) is 15.2 Å². The lowest BCUT2D eigenvalue weighted by Gasteiger charge is -2.40. The van der Waals surface area contributed by atoms with Crippen LogP contribution in [0.1, 0.15) is 12.5 Å². The molecule has 0 bridgehead atoms. The minimum atomic E-state index is 0.157. The van der Waals surface area contributed by atoms with Crippen LogP contribution in [0.2, 0.25) is 0 Å². The van der Waals surface area contributed by atoms with E-state index in [0.29, 0.717) is 30.5 Å². The minimum absolute atomic E-state index is 0.157. The number of nitrogens with two attached hydrogens (primary N) is 1. The molecular formula is C23H26N6O3. The first-order chi connectivity index (χ1) is 15.5. The van der Waals surface area contributed by atoms with Gasteiger partial charge in [-0.25, -0.2) is 0 Å². The topological polar surface area (TPSA) is 110 Å². The van der Waals surface area contributed by atoms with Crippen molar-refractivity contribution in [2.24, 2.45) is 0 Å². The Hall–Kier alpha value is -3.59. The highest BCUT2D eigenvalue weighted by Gasteiger charge is 2.27. The van der Waals surface area contributed by atoms with Crippen molar-refractivity contribution in [3.05, 3.63) is 48.0 Å². The van der Waals surface area contributed by atoms with Gasteiger partial charge in [-0.3, -0.25) is 4.90 Å². The number of hydrogen-bond acceptors (Lipinski definition) is 9. The molecule has 0 aliphatic carbocycles. The van der Waals surface area contributed by atoms with E-state index in [9.17, 15) is 5.11 Å². The molecular weight excluding hydrogens is 408 g/mol. The van der Waals surface area contributed by atoms with E-state index in [2.05, 4.69) is 43.8 Å². The largest absolute Gasteiger partial charge is 0.508 e. The molecule has 0 saturated carbocycles. The predicted octanol–water partition coefficient (Wildman–Crippen LogP) is 2.31. The van der Waals surface area contributed by atoms with Crippen molar-refractivity contribution in [3.63, 3.8) is 0 Å². The SMILES string of the molecule is C[C@@H]1CN(Cc2ccc3c(c2)OCCO3)CCN1c1nc(N)nc(-c2cccc(O)c2)n1. The Bertz CT molecular complexity index is 1120. The van der Waals surface area contributed by atoms with Crippen molar-refractivity contribution in [1.29, 1.82) is 0 Å². The monoisotopic (exact) mass is 434 g/mol. The summed E-state index contributed by atoms with van der Waals surface area (Å²) in [5, 5.41) is 9.79. The second-order valence-corrected chi connectivity index (χ2v) is 8.12. The summed E-state index contributed by atoms with van der Waals surface area (Å²) in [6.07, 6.45) is 0. The van der Waals surface area contributed by atoms with Crippen LogP contribution in [0.3, 0.4) is 0 Å². The lowest BCUT2D eigenvalue weighted by atomic mass is 10.1. The maximum atomic E-state index is 9.79. The van der Waals surface area contributed by atoms with E-state index in [1.807, 2.05) is 12.1 Å². The molecule has 2 aromatic carbocycles. The molecule has 166 valence electrons. The van der Waals surface area contributed by atoms with Crippen molar-refractivity contribution >= 4 is 11.9 Å². The smallest absolute Gasteiger partial charge is 0.231 e. The number of nitrogens with zero attached hydrogens (tertiary/aromatic N) is 5. The first kappa shape index (κ1) is 20.3. The van der Waals surface area contributed by atoms with E-state index in [1.54, 1.807) is 18.2 Å². The summed E-state index contributed by atoms with van der Waals surface area (Å²) < 4.78 is 11.3. The van der Waals surface area contributed by atoms with Crippen LogP contribution in [0.15, 0.2) is 42.5 Å². The van der Waals surface area contributed by atoms with Crippen LogP contribution in [0, 0.1) is 0 Å². The van der Waals surface area contributed by atoms with Gasteiger partial charge < -0.3 is 25.2 Å². The van der Waals surface area contributed by atoms with Gasteiger partial charge in [0.05, 0.1) is 0 Å². The lowest BCUT2D eigenvalue weighted by Crippen LogP contribution is -2.52. The number of piperazine rings is 1. The van der Waals surface area contributed by atoms with E-state index in [-0.39, 0.29) is 17.7 Å². The second-order valence-electron chi connectivity index (χ2n) is 8.12. The fourth-order valence-corrected chi connectivity index (χ4v) is 4.20. The molecule has 0 spiro atoms. The molecule has 0 radical (unpaired) electrons. The van der Waals surface area contributed by atoms with Crippen molar-refractivity contribution in [2.75, 3.05) is 43.5 Å². The van der Waals surface area contributed by atoms with E-state index >= 15 is 0 Å². The summed E-state index contributed by atoms with van der Waals surface area (Å²) in [4.78, 5) is 17.8. The summed E-state index contributed by atoms with van der Waals surface area (Å²) in [5.74, 6) is 2.97. The van der Waals surface area contributed by atoms with Gasteiger partial charge in [-0.2, -0.15) is 15.0 Å². The molecule has 1 fully saturated rings. The molecule has 5 rings (SSSR count). The molecule has 1 atom stereocenters. The summed E-state index contributed by atoms with van der Waals surface area (Å²) in [7, 11) is 0. The van der Waals surface area contributed by atoms with E-state index in [0.717, 1.165) is 37.7 Å². The molecule has 9 heteroatoms. The molecule has 9 nitrogen and oxygen atoms in total. The average molecular weight is 435 g/mol. The number of fused-ring (bicyclic) bond motifs is 1. The molecule has 2 aliphatic rings. The molecule has 1 saturated heterocycles. The first-order valence-corrected chi connectivity index (χ1v) is 10.7. The Kier molecular flexibility index (Phi) is 5.40. The van der Waals surface area contributed by atoms with Crippen LogP contribution in [0.5, 0.6) is 17.2 Å². The number of hydrogen-bond donors (Lipinski definition) is 2. The van der Waals surface area contributed by atoms with Gasteiger partial charge in [-0.15, -0.1) is 0 Å². The Labute approximate surface area is 186 Å². The van der Waals surface area contributed by atoms with Gasteiger partial charge in [0.2, 0.25) is 11.9 Å². The van der Waals surface area contributed by atoms with Gasteiger partial charge in [0.25, 0.3) is 0 Å². The second kappa shape index (κ2) is 8.51. The molecule has 3 N–H and O–H groups in total. The number of phenols is 1. The molecule has 2 aliphatic heterocycles. The van der Waals surface area contributed by atoms with Gasteiger partial charge in [0, 0.05) is 37.8 Å². The third kappa shape index (κ3) is 4.24. The van der Waals surface area contributed by atoms with Gasteiger partial charge in [-0.1, -0.05) is 18.2 Å². The number of ether oxygens (including phenoxy) is 2. The number of rotatable bonds is 4. The number of aromatic hydroxyl groups is 1. The van der Waals surface area contributed by atoms with Gasteiger partial charge in [-0.05, 0) is 36.8 Å². The Balaban J connectivity index is 1.29. The number of aromatic nitrogens is 3. The molecule has 3 aromatic rings. The number of anilines is 2. The zero-order valence-corrected chi connectivity index (χ0v) is 17.9. The third-order valence-corrected chi connectivity index (χ3v) is 5.73. The van der Waals surface area contributed by atoms with Crippen LogP contribution in [-0.2, 0) is 6.54 Å². The van der Waals surface area contributed by atoms with Crippen LogP contribution in [-0.4, -0.2) is 63.8 Å². The molecule has 3 heterocycles. The molecule has 0 amide bonds. The zero-order valence-electron chi connectivity index (χ0n) is 17.9. The number of nitrogen functional groups attached to an aromatic ring is 1. The highest BCUT2D eigenvalue weighted by Crippen LogP contribution is 2.31. The van der Waals surface area contributed by atoms with Gasteiger partial charge in [0.1, 0.15) is 19.0 Å². The van der Waals surface area contributed by atoms with E-state index < -0.39 is 0 Å². The Morgan fingerprint density at radius 2 is 1.88 bits per heavy atom. The van der Waals surface area contributed by atoms with Crippen LogP contribution in [0.25, 0.3) is 11.4 Å². The molecule has 0 unspecified atom stereocenters. The average Bonchev–Trinajstić information content (AvgIpc) is 2.79. The van der Waals surface area contributed by atoms with Crippen molar-refractivity contribution in [2.45, 2.75) is 19.5 Å². The van der Waals surface area contributed by atoms with Crippen molar-refractivity contribution < 1.29 is 14.6 Å². The maximum Gasteiger partial charge on any atom is 0.231 e. The summed E-state index contributed by atoms with van der Waals surface area (Å²) >= 11 is 0. The Morgan fingerprint density at radius 3 is 2.69 bits per heavy atom. The lowest BCUT2D eigenvalue weighted by molar-refractivity contribution is 0.170. The van der Waals surface area contributed by atoms with Gasteiger partial charge >= 0.3 is 0 Å².